The Morgan fingerprint density at radius 3 is 2.59 bits per heavy atom. The number of rotatable bonds is 5. The van der Waals surface area contributed by atoms with Crippen LogP contribution in [0.4, 0.5) is 16.4 Å². The summed E-state index contributed by atoms with van der Waals surface area (Å²) in [6, 6.07) is 5.99. The van der Waals surface area contributed by atoms with E-state index in [4.69, 9.17) is 4.52 Å². The maximum absolute atomic E-state index is 12.7. The van der Waals surface area contributed by atoms with E-state index in [9.17, 15) is 24.5 Å². The molecule has 0 saturated carbocycles. The minimum absolute atomic E-state index is 0.0997. The van der Waals surface area contributed by atoms with Crippen LogP contribution >= 0.6 is 0 Å². The summed E-state index contributed by atoms with van der Waals surface area (Å²) in [6.45, 7) is 2.62. The van der Waals surface area contributed by atoms with Gasteiger partial charge in [0.15, 0.2) is 0 Å². The predicted molar refractivity (Wildman–Crippen MR) is 90.6 cm³/mol. The molecule has 2 N–H and O–H groups in total. The number of amides is 4. The lowest BCUT2D eigenvalue weighted by Crippen LogP contribution is -2.42. The first-order valence-electron chi connectivity index (χ1n) is 7.83. The highest BCUT2D eigenvalue weighted by Crippen LogP contribution is 2.30. The maximum Gasteiger partial charge on any atom is 0.325 e. The smallest absolute Gasteiger partial charge is 0.325 e. The van der Waals surface area contributed by atoms with E-state index in [1.807, 2.05) is 0 Å². The molecule has 1 unspecified atom stereocenters. The quantitative estimate of drug-likeness (QED) is 0.456. The molecule has 1 aliphatic rings. The number of aryl methyl sites for hydroxylation is 1. The summed E-state index contributed by atoms with van der Waals surface area (Å²) in [6.07, 6.45) is 0. The molecule has 1 atom stereocenters. The summed E-state index contributed by atoms with van der Waals surface area (Å²) in [7, 11) is 0. The molecule has 3 rings (SSSR count). The summed E-state index contributed by atoms with van der Waals surface area (Å²) in [5.74, 6) is -1.18. The van der Waals surface area contributed by atoms with Crippen molar-refractivity contribution in [2.75, 3.05) is 11.9 Å². The van der Waals surface area contributed by atoms with Gasteiger partial charge in [-0.25, -0.2) is 4.79 Å². The fraction of sp³-hybridized carbons (Fsp3) is 0.250. The largest absolute Gasteiger partial charge is 0.338 e. The van der Waals surface area contributed by atoms with Crippen molar-refractivity contribution in [3.63, 3.8) is 0 Å². The summed E-state index contributed by atoms with van der Waals surface area (Å²) in [5.41, 5.74) is -0.654. The van der Waals surface area contributed by atoms with Crippen LogP contribution in [0.25, 0.3) is 0 Å². The third kappa shape index (κ3) is 3.34. The third-order valence-corrected chi connectivity index (χ3v) is 4.12. The van der Waals surface area contributed by atoms with Gasteiger partial charge in [0.05, 0.1) is 10.6 Å². The molecule has 4 amide bonds. The number of nitro groups is 1. The first kappa shape index (κ1) is 18.0. The van der Waals surface area contributed by atoms with Gasteiger partial charge in [-0.3, -0.25) is 29.9 Å². The molecule has 27 heavy (non-hydrogen) atoms. The molecular formula is C16H15N5O6. The molecule has 1 fully saturated rings. The first-order valence-corrected chi connectivity index (χ1v) is 7.83. The lowest BCUT2D eigenvalue weighted by Gasteiger charge is -2.21. The number of non-ortho nitro benzene ring substituents is 1. The molecule has 1 aromatic carbocycles. The van der Waals surface area contributed by atoms with E-state index < -0.39 is 34.9 Å². The van der Waals surface area contributed by atoms with E-state index in [0.29, 0.717) is 11.3 Å². The van der Waals surface area contributed by atoms with Gasteiger partial charge >= 0.3 is 6.03 Å². The number of hydrogen-bond donors (Lipinski definition) is 2. The fourth-order valence-electron chi connectivity index (χ4n) is 2.70. The van der Waals surface area contributed by atoms with Crippen LogP contribution in [0.2, 0.25) is 0 Å². The van der Waals surface area contributed by atoms with Gasteiger partial charge in [0.25, 0.3) is 11.6 Å². The average molecular weight is 373 g/mol. The van der Waals surface area contributed by atoms with Crippen molar-refractivity contribution in [1.82, 2.24) is 15.4 Å². The van der Waals surface area contributed by atoms with E-state index >= 15 is 0 Å². The van der Waals surface area contributed by atoms with Crippen LogP contribution in [0.3, 0.4) is 0 Å². The topological polar surface area (TPSA) is 148 Å². The van der Waals surface area contributed by atoms with Crippen molar-refractivity contribution < 1.29 is 23.8 Å². The number of urea groups is 1. The number of benzene rings is 1. The van der Waals surface area contributed by atoms with Crippen LogP contribution in [0.15, 0.2) is 34.9 Å². The Labute approximate surface area is 152 Å². The Kier molecular flexibility index (Phi) is 4.35. The predicted octanol–water partition coefficient (Wildman–Crippen LogP) is 1.30. The molecule has 0 radical (unpaired) electrons. The number of anilines is 1. The molecule has 11 nitrogen and oxygen atoms in total. The number of nitrogens with one attached hydrogen (secondary N) is 2. The van der Waals surface area contributed by atoms with Crippen LogP contribution in [-0.4, -0.2) is 39.4 Å². The molecule has 11 heteroatoms. The lowest BCUT2D eigenvalue weighted by atomic mass is 9.92. The fourth-order valence-corrected chi connectivity index (χ4v) is 2.70. The summed E-state index contributed by atoms with van der Waals surface area (Å²) < 4.78 is 4.85. The van der Waals surface area contributed by atoms with Gasteiger partial charge in [0.1, 0.15) is 12.1 Å². The molecule has 140 valence electrons. The number of nitrogens with zero attached hydrogens (tertiary/aromatic N) is 3. The highest BCUT2D eigenvalue weighted by Gasteiger charge is 2.49. The van der Waals surface area contributed by atoms with Crippen molar-refractivity contribution in [2.24, 2.45) is 0 Å². The summed E-state index contributed by atoms with van der Waals surface area (Å²) in [4.78, 5) is 48.0. The minimum Gasteiger partial charge on any atom is -0.338 e. The van der Waals surface area contributed by atoms with Crippen molar-refractivity contribution >= 4 is 29.4 Å². The van der Waals surface area contributed by atoms with Crippen LogP contribution in [0.5, 0.6) is 0 Å². The van der Waals surface area contributed by atoms with E-state index in [2.05, 4.69) is 15.8 Å². The zero-order valence-corrected chi connectivity index (χ0v) is 14.4. The van der Waals surface area contributed by atoms with Crippen LogP contribution in [0.1, 0.15) is 18.2 Å². The summed E-state index contributed by atoms with van der Waals surface area (Å²) >= 11 is 0. The Hall–Kier alpha value is -3.76. The molecule has 1 saturated heterocycles. The first-order chi connectivity index (χ1) is 12.7. The SMILES string of the molecule is Cc1cc(NC(=O)CN2C(=O)NC(C)(c3ccc([N+](=O)[O-])cc3)C2=O)on1. The molecular weight excluding hydrogens is 358 g/mol. The monoisotopic (exact) mass is 373 g/mol. The molecule has 0 bridgehead atoms. The highest BCUT2D eigenvalue weighted by atomic mass is 16.6. The van der Waals surface area contributed by atoms with Gasteiger partial charge < -0.3 is 9.84 Å². The zero-order chi connectivity index (χ0) is 19.8. The van der Waals surface area contributed by atoms with Crippen LogP contribution < -0.4 is 10.6 Å². The minimum atomic E-state index is -1.44. The van der Waals surface area contributed by atoms with Gasteiger partial charge in [-0.15, -0.1) is 0 Å². The van der Waals surface area contributed by atoms with Crippen molar-refractivity contribution in [2.45, 2.75) is 19.4 Å². The average Bonchev–Trinajstić information content (AvgIpc) is 3.11. The molecule has 2 aromatic rings. The number of carbonyl (C=O) groups is 3. The Balaban J connectivity index is 1.75. The number of hydrogen-bond acceptors (Lipinski definition) is 7. The van der Waals surface area contributed by atoms with E-state index in [1.165, 1.54) is 37.3 Å². The van der Waals surface area contributed by atoms with Crippen molar-refractivity contribution in [1.29, 1.82) is 0 Å². The van der Waals surface area contributed by atoms with Gasteiger partial charge in [0.2, 0.25) is 11.8 Å². The maximum atomic E-state index is 12.7. The second-order valence-corrected chi connectivity index (χ2v) is 6.13. The van der Waals surface area contributed by atoms with Crippen molar-refractivity contribution in [3.05, 3.63) is 51.7 Å². The number of imide groups is 1. The van der Waals surface area contributed by atoms with Crippen molar-refractivity contribution in [3.8, 4) is 0 Å². The number of nitro benzene ring substituents is 1. The number of aromatic nitrogens is 1. The third-order valence-electron chi connectivity index (χ3n) is 4.12. The molecule has 1 aromatic heterocycles. The van der Waals surface area contributed by atoms with Crippen LogP contribution in [0, 0.1) is 17.0 Å². The molecule has 2 heterocycles. The molecule has 1 aliphatic heterocycles. The second kappa shape index (κ2) is 6.52. The van der Waals surface area contributed by atoms with Crippen LogP contribution in [-0.2, 0) is 15.1 Å². The molecule has 0 aliphatic carbocycles. The standard InChI is InChI=1S/C16H15N5O6/c1-9-7-13(27-19-9)17-12(22)8-20-14(23)16(2,18-15(20)24)10-3-5-11(6-4-10)21(25)26/h3-7H,8H2,1-2H3,(H,17,22)(H,18,24). The van der Waals surface area contributed by atoms with Gasteiger partial charge in [-0.2, -0.15) is 0 Å². The Bertz CT molecular complexity index is 937. The number of carbonyl (C=O) groups excluding carboxylic acids is 3. The van der Waals surface area contributed by atoms with E-state index in [0.717, 1.165) is 4.90 Å². The van der Waals surface area contributed by atoms with Gasteiger partial charge in [-0.05, 0) is 31.5 Å². The Morgan fingerprint density at radius 2 is 2.04 bits per heavy atom. The lowest BCUT2D eigenvalue weighted by molar-refractivity contribution is -0.384. The summed E-state index contributed by atoms with van der Waals surface area (Å²) in [5, 5.41) is 19.3. The van der Waals surface area contributed by atoms with E-state index in [-0.39, 0.29) is 11.6 Å². The second-order valence-electron chi connectivity index (χ2n) is 6.13. The van der Waals surface area contributed by atoms with Gasteiger partial charge in [0, 0.05) is 18.2 Å². The highest BCUT2D eigenvalue weighted by molar-refractivity contribution is 6.10. The normalized spacial score (nSPS) is 19.1. The van der Waals surface area contributed by atoms with E-state index in [1.54, 1.807) is 6.92 Å². The zero-order valence-electron chi connectivity index (χ0n) is 14.4. The molecule has 0 spiro atoms. The Morgan fingerprint density at radius 1 is 1.37 bits per heavy atom. The van der Waals surface area contributed by atoms with Gasteiger partial charge in [-0.1, -0.05) is 5.16 Å².